The summed E-state index contributed by atoms with van der Waals surface area (Å²) in [5, 5.41) is 9.34. The van der Waals surface area contributed by atoms with Crippen LogP contribution in [0.4, 0.5) is 0 Å². The van der Waals surface area contributed by atoms with Crippen molar-refractivity contribution in [3.8, 4) is 0 Å². The number of hydrogen-bond donors (Lipinski definition) is 1. The summed E-state index contributed by atoms with van der Waals surface area (Å²) in [4.78, 5) is 0. The molecule has 0 unspecified atom stereocenters. The van der Waals surface area contributed by atoms with Crippen molar-refractivity contribution in [3.63, 3.8) is 0 Å². The molecule has 0 saturated heterocycles. The third-order valence-electron chi connectivity index (χ3n) is 4.65. The molecule has 0 saturated carbocycles. The molecule has 0 spiro atoms. The molecule has 0 aliphatic rings. The number of aliphatic hydroxyl groups is 1. The molecule has 0 aliphatic carbocycles. The quantitative estimate of drug-likeness (QED) is 0.258. The van der Waals surface area contributed by atoms with Gasteiger partial charge in [0.15, 0.2) is 0 Å². The molecule has 0 aromatic heterocycles. The minimum atomic E-state index is -1.92. The molecule has 0 radical (unpaired) electrons. The van der Waals surface area contributed by atoms with Gasteiger partial charge < -0.3 is 0 Å². The standard InChI is InChI=1S/C7H13O.3C4H9.Sn/c1-3-4-5-6-7(2)8;3*1-3-4-2;/h3-4,7-8H,1,5-6H2,2H3;3*1,3-4H2,2H3;/b4-3+;;;;/t7-;;;;/m1..../s1. The number of aliphatic hydroxyl groups excluding tert-OH is 1. The summed E-state index contributed by atoms with van der Waals surface area (Å²) >= 11 is -1.92. The van der Waals surface area contributed by atoms with E-state index < -0.39 is 18.4 Å². The Hall–Kier alpha value is 0.499. The monoisotopic (exact) mass is 404 g/mol. The van der Waals surface area contributed by atoms with Gasteiger partial charge in [0, 0.05) is 0 Å². The summed E-state index contributed by atoms with van der Waals surface area (Å²) in [6.07, 6.45) is 15.1. The Balaban J connectivity index is 4.54. The zero-order valence-corrected chi connectivity index (χ0v) is 18.0. The van der Waals surface area contributed by atoms with E-state index in [9.17, 15) is 5.11 Å². The first-order valence-electron chi connectivity index (χ1n) is 9.43. The van der Waals surface area contributed by atoms with Crippen LogP contribution < -0.4 is 0 Å². The molecule has 0 bridgehead atoms. The second-order valence-corrected chi connectivity index (χ2v) is 20.9. The van der Waals surface area contributed by atoms with Gasteiger partial charge >= 0.3 is 139 Å². The van der Waals surface area contributed by atoms with Crippen LogP contribution in [0.2, 0.25) is 17.7 Å². The van der Waals surface area contributed by atoms with E-state index in [0.29, 0.717) is 0 Å². The molecule has 0 aliphatic heterocycles. The zero-order valence-electron chi connectivity index (χ0n) is 15.2. The van der Waals surface area contributed by atoms with Crippen molar-refractivity contribution in [1.82, 2.24) is 0 Å². The van der Waals surface area contributed by atoms with E-state index in [4.69, 9.17) is 0 Å². The molecule has 2 heteroatoms. The first-order valence-corrected chi connectivity index (χ1v) is 17.5. The molecule has 1 atom stereocenters. The molecule has 1 nitrogen and oxygen atoms in total. The molecule has 0 aromatic carbocycles. The second kappa shape index (κ2) is 14.1. The first-order chi connectivity index (χ1) is 10.1. The molecule has 21 heavy (non-hydrogen) atoms. The minimum absolute atomic E-state index is 0.150. The van der Waals surface area contributed by atoms with Crippen LogP contribution in [0.15, 0.2) is 12.2 Å². The van der Waals surface area contributed by atoms with Crippen LogP contribution in [-0.2, 0) is 0 Å². The van der Waals surface area contributed by atoms with Crippen molar-refractivity contribution in [1.29, 1.82) is 0 Å². The predicted molar refractivity (Wildman–Crippen MR) is 99.8 cm³/mol. The number of allylic oxidation sites excluding steroid dienone is 2. The SMILES string of the molecule is CCC[CH2][Sn]([CH2]/C=C/CC[C@@H](C)O)([CH2]CCC)[CH2]CCC. The molecule has 0 heterocycles. The first kappa shape index (κ1) is 21.5. The van der Waals surface area contributed by atoms with Gasteiger partial charge in [-0.3, -0.25) is 0 Å². The average molecular weight is 403 g/mol. The predicted octanol–water partition coefficient (Wildman–Crippen LogP) is 6.55. The van der Waals surface area contributed by atoms with Gasteiger partial charge in [-0.25, -0.2) is 0 Å². The van der Waals surface area contributed by atoms with Crippen LogP contribution in [0.25, 0.3) is 0 Å². The fourth-order valence-corrected chi connectivity index (χ4v) is 18.4. The summed E-state index contributed by atoms with van der Waals surface area (Å²) in [5.74, 6) is 0. The molecule has 1 N–H and O–H groups in total. The molecule has 0 aromatic rings. The van der Waals surface area contributed by atoms with E-state index in [-0.39, 0.29) is 6.10 Å². The van der Waals surface area contributed by atoms with Crippen molar-refractivity contribution < 1.29 is 5.11 Å². The van der Waals surface area contributed by atoms with Crippen molar-refractivity contribution in [2.45, 2.75) is 103 Å². The molecular formula is C19H40OSn. The summed E-state index contributed by atoms with van der Waals surface area (Å²) in [7, 11) is 0. The van der Waals surface area contributed by atoms with Gasteiger partial charge in [0.1, 0.15) is 0 Å². The van der Waals surface area contributed by atoms with E-state index in [0.717, 1.165) is 12.8 Å². The van der Waals surface area contributed by atoms with Gasteiger partial charge in [-0.1, -0.05) is 0 Å². The van der Waals surface area contributed by atoms with E-state index in [1.54, 1.807) is 13.3 Å². The maximum absolute atomic E-state index is 9.34. The summed E-state index contributed by atoms with van der Waals surface area (Å²) < 4.78 is 6.26. The molecular weight excluding hydrogens is 363 g/mol. The van der Waals surface area contributed by atoms with Crippen LogP contribution in [0.1, 0.15) is 79.1 Å². The van der Waals surface area contributed by atoms with E-state index >= 15 is 0 Å². The fourth-order valence-electron chi connectivity index (χ4n) is 3.13. The Labute approximate surface area is 138 Å². The van der Waals surface area contributed by atoms with E-state index in [2.05, 4.69) is 32.9 Å². The van der Waals surface area contributed by atoms with Crippen molar-refractivity contribution in [2.75, 3.05) is 0 Å². The van der Waals surface area contributed by atoms with Gasteiger partial charge in [0.25, 0.3) is 0 Å². The summed E-state index contributed by atoms with van der Waals surface area (Å²) in [6, 6.07) is 0. The topological polar surface area (TPSA) is 20.2 Å². The fraction of sp³-hybridized carbons (Fsp3) is 0.895. The van der Waals surface area contributed by atoms with Gasteiger partial charge in [-0.15, -0.1) is 0 Å². The zero-order chi connectivity index (χ0) is 16.0. The van der Waals surface area contributed by atoms with Crippen LogP contribution >= 0.6 is 0 Å². The van der Waals surface area contributed by atoms with Gasteiger partial charge in [-0.05, 0) is 0 Å². The Bertz CT molecular complexity index is 226. The molecule has 0 rings (SSSR count). The summed E-state index contributed by atoms with van der Waals surface area (Å²) in [5.41, 5.74) is 0. The Morgan fingerprint density at radius 2 is 1.33 bits per heavy atom. The number of unbranched alkanes of at least 4 members (excludes halogenated alkanes) is 3. The van der Waals surface area contributed by atoms with Crippen molar-refractivity contribution in [3.05, 3.63) is 12.2 Å². The van der Waals surface area contributed by atoms with Gasteiger partial charge in [0.05, 0.1) is 0 Å². The van der Waals surface area contributed by atoms with E-state index in [1.807, 2.05) is 6.92 Å². The van der Waals surface area contributed by atoms with Crippen LogP contribution in [-0.4, -0.2) is 29.6 Å². The van der Waals surface area contributed by atoms with Crippen molar-refractivity contribution >= 4 is 18.4 Å². The van der Waals surface area contributed by atoms with Crippen molar-refractivity contribution in [2.24, 2.45) is 0 Å². The van der Waals surface area contributed by atoms with Gasteiger partial charge in [-0.2, -0.15) is 0 Å². The van der Waals surface area contributed by atoms with Crippen LogP contribution in [0.3, 0.4) is 0 Å². The van der Waals surface area contributed by atoms with Gasteiger partial charge in [0.2, 0.25) is 0 Å². The maximum atomic E-state index is 9.34. The third-order valence-corrected chi connectivity index (χ3v) is 19.9. The van der Waals surface area contributed by atoms with Crippen LogP contribution in [0.5, 0.6) is 0 Å². The van der Waals surface area contributed by atoms with Crippen LogP contribution in [0, 0.1) is 0 Å². The Morgan fingerprint density at radius 1 is 0.857 bits per heavy atom. The molecule has 0 fully saturated rings. The third kappa shape index (κ3) is 11.7. The summed E-state index contributed by atoms with van der Waals surface area (Å²) in [6.45, 7) is 8.92. The number of rotatable bonds is 14. The number of hydrogen-bond acceptors (Lipinski definition) is 1. The normalized spacial score (nSPS) is 14.0. The Morgan fingerprint density at radius 3 is 1.71 bits per heavy atom. The average Bonchev–Trinajstić information content (AvgIpc) is 2.47. The van der Waals surface area contributed by atoms with E-state index in [1.165, 1.54) is 43.0 Å². The second-order valence-electron chi connectivity index (χ2n) is 6.91. The molecule has 126 valence electrons. The molecule has 0 amide bonds. The Kier molecular flexibility index (Phi) is 14.4.